The molecule has 0 fully saturated rings. The Bertz CT molecular complexity index is 343. The van der Waals surface area contributed by atoms with E-state index in [1.807, 2.05) is 13.8 Å². The first-order chi connectivity index (χ1) is 7.24. The van der Waals surface area contributed by atoms with Gasteiger partial charge in [0.25, 0.3) is 0 Å². The van der Waals surface area contributed by atoms with E-state index in [1.165, 1.54) is 6.07 Å². The van der Waals surface area contributed by atoms with Crippen LogP contribution in [0.2, 0.25) is 0 Å². The van der Waals surface area contributed by atoms with Crippen molar-refractivity contribution in [3.8, 4) is 0 Å². The lowest BCUT2D eigenvalue weighted by Gasteiger charge is -2.24. The number of alkyl halides is 3. The number of halogens is 3. The number of rotatable bonds is 3. The van der Waals surface area contributed by atoms with Gasteiger partial charge in [-0.1, -0.05) is 0 Å². The molecule has 0 spiro atoms. The van der Waals surface area contributed by atoms with Gasteiger partial charge in [0, 0.05) is 18.3 Å². The summed E-state index contributed by atoms with van der Waals surface area (Å²) in [4.78, 5) is 3.69. The summed E-state index contributed by atoms with van der Waals surface area (Å²) >= 11 is 0. The Hall–Kier alpha value is -1.30. The van der Waals surface area contributed by atoms with Crippen molar-refractivity contribution in [1.29, 1.82) is 0 Å². The zero-order valence-electron chi connectivity index (χ0n) is 9.10. The molecule has 6 heteroatoms. The molecule has 0 bridgehead atoms. The number of aromatic nitrogens is 1. The molecule has 16 heavy (non-hydrogen) atoms. The van der Waals surface area contributed by atoms with Gasteiger partial charge in [0.1, 0.15) is 5.82 Å². The molecule has 1 aromatic rings. The molecule has 0 aromatic carbocycles. The Balaban J connectivity index is 2.80. The van der Waals surface area contributed by atoms with E-state index in [0.717, 1.165) is 12.3 Å². The first-order valence-corrected chi connectivity index (χ1v) is 4.76. The molecular formula is C10H14F3N3. The van der Waals surface area contributed by atoms with Gasteiger partial charge in [0.05, 0.1) is 5.56 Å². The van der Waals surface area contributed by atoms with Crippen LogP contribution in [0.25, 0.3) is 0 Å². The van der Waals surface area contributed by atoms with Crippen LogP contribution >= 0.6 is 0 Å². The van der Waals surface area contributed by atoms with Gasteiger partial charge in [0.2, 0.25) is 0 Å². The molecule has 3 N–H and O–H groups in total. The van der Waals surface area contributed by atoms with Crippen molar-refractivity contribution in [2.75, 3.05) is 11.9 Å². The SMILES string of the molecule is CC(C)(CN)Nc1ccc(C(F)(F)F)cn1. The molecule has 0 saturated heterocycles. The van der Waals surface area contributed by atoms with E-state index >= 15 is 0 Å². The summed E-state index contributed by atoms with van der Waals surface area (Å²) in [6.45, 7) is 4.04. The highest BCUT2D eigenvalue weighted by Crippen LogP contribution is 2.29. The maximum absolute atomic E-state index is 12.2. The molecular weight excluding hydrogens is 219 g/mol. The lowest BCUT2D eigenvalue weighted by Crippen LogP contribution is -2.39. The Morgan fingerprint density at radius 3 is 2.31 bits per heavy atom. The fourth-order valence-corrected chi connectivity index (χ4v) is 1.03. The van der Waals surface area contributed by atoms with E-state index in [1.54, 1.807) is 0 Å². The average molecular weight is 233 g/mol. The van der Waals surface area contributed by atoms with E-state index in [9.17, 15) is 13.2 Å². The lowest BCUT2D eigenvalue weighted by molar-refractivity contribution is -0.137. The van der Waals surface area contributed by atoms with Crippen LogP contribution in [0.15, 0.2) is 18.3 Å². The monoisotopic (exact) mass is 233 g/mol. The van der Waals surface area contributed by atoms with Crippen LogP contribution in [0.3, 0.4) is 0 Å². The minimum atomic E-state index is -4.35. The molecule has 1 aromatic heterocycles. The second-order valence-electron chi connectivity index (χ2n) is 4.14. The highest BCUT2D eigenvalue weighted by Gasteiger charge is 2.30. The smallest absolute Gasteiger partial charge is 0.364 e. The second kappa shape index (κ2) is 4.29. The fraction of sp³-hybridized carbons (Fsp3) is 0.500. The number of pyridine rings is 1. The summed E-state index contributed by atoms with van der Waals surface area (Å²) < 4.78 is 36.7. The van der Waals surface area contributed by atoms with Crippen LogP contribution < -0.4 is 11.1 Å². The van der Waals surface area contributed by atoms with Crippen LogP contribution in [-0.4, -0.2) is 17.1 Å². The largest absolute Gasteiger partial charge is 0.417 e. The summed E-state index contributed by atoms with van der Waals surface area (Å²) in [5, 5.41) is 2.94. The topological polar surface area (TPSA) is 50.9 Å². The van der Waals surface area contributed by atoms with Crippen LogP contribution in [0.4, 0.5) is 19.0 Å². The van der Waals surface area contributed by atoms with Gasteiger partial charge >= 0.3 is 6.18 Å². The van der Waals surface area contributed by atoms with Gasteiger partial charge in [-0.25, -0.2) is 4.98 Å². The van der Waals surface area contributed by atoms with Gasteiger partial charge in [-0.3, -0.25) is 0 Å². The standard InChI is InChI=1S/C10H14F3N3/c1-9(2,6-14)16-8-4-3-7(5-15-8)10(11,12)13/h3-5H,6,14H2,1-2H3,(H,15,16). The molecule has 0 aliphatic heterocycles. The lowest BCUT2D eigenvalue weighted by atomic mass is 10.1. The van der Waals surface area contributed by atoms with E-state index in [-0.39, 0.29) is 0 Å². The number of nitrogens with one attached hydrogen (secondary N) is 1. The number of hydrogen-bond acceptors (Lipinski definition) is 3. The van der Waals surface area contributed by atoms with Crippen molar-refractivity contribution in [1.82, 2.24) is 4.98 Å². The molecule has 3 nitrogen and oxygen atoms in total. The van der Waals surface area contributed by atoms with E-state index in [2.05, 4.69) is 10.3 Å². The van der Waals surface area contributed by atoms with Crippen LogP contribution in [0.5, 0.6) is 0 Å². The quantitative estimate of drug-likeness (QED) is 0.841. The molecule has 0 aliphatic carbocycles. The van der Waals surface area contributed by atoms with Crippen molar-refractivity contribution in [3.63, 3.8) is 0 Å². The molecule has 0 amide bonds. The third-order valence-electron chi connectivity index (χ3n) is 2.07. The molecule has 1 heterocycles. The number of nitrogens with two attached hydrogens (primary N) is 1. The van der Waals surface area contributed by atoms with Gasteiger partial charge < -0.3 is 11.1 Å². The predicted molar refractivity (Wildman–Crippen MR) is 56.0 cm³/mol. The Morgan fingerprint density at radius 2 is 1.94 bits per heavy atom. The maximum atomic E-state index is 12.2. The highest BCUT2D eigenvalue weighted by atomic mass is 19.4. The van der Waals surface area contributed by atoms with Crippen molar-refractivity contribution >= 4 is 5.82 Å². The number of anilines is 1. The third-order valence-corrected chi connectivity index (χ3v) is 2.07. The van der Waals surface area contributed by atoms with Gasteiger partial charge in [-0.2, -0.15) is 13.2 Å². The highest BCUT2D eigenvalue weighted by molar-refractivity contribution is 5.38. The Morgan fingerprint density at radius 1 is 1.31 bits per heavy atom. The molecule has 0 atom stereocenters. The first kappa shape index (κ1) is 12.8. The molecule has 0 aliphatic rings. The van der Waals surface area contributed by atoms with Crippen LogP contribution in [0, 0.1) is 0 Å². The van der Waals surface area contributed by atoms with Crippen molar-refractivity contribution in [2.24, 2.45) is 5.73 Å². The number of nitrogens with zero attached hydrogens (tertiary/aromatic N) is 1. The second-order valence-corrected chi connectivity index (χ2v) is 4.14. The van der Waals surface area contributed by atoms with E-state index < -0.39 is 17.3 Å². The Labute approximate surface area is 91.9 Å². The predicted octanol–water partition coefficient (Wildman–Crippen LogP) is 2.25. The minimum absolute atomic E-state index is 0.357. The van der Waals surface area contributed by atoms with Gasteiger partial charge in [-0.15, -0.1) is 0 Å². The fourth-order valence-electron chi connectivity index (χ4n) is 1.03. The van der Waals surface area contributed by atoms with Crippen molar-refractivity contribution < 1.29 is 13.2 Å². The first-order valence-electron chi connectivity index (χ1n) is 4.76. The Kier molecular flexibility index (Phi) is 3.42. The summed E-state index contributed by atoms with van der Waals surface area (Å²) in [6, 6.07) is 2.28. The molecule has 1 rings (SSSR count). The zero-order chi connectivity index (χ0) is 12.4. The summed E-state index contributed by atoms with van der Waals surface area (Å²) in [5.41, 5.74) is 4.33. The molecule has 0 saturated carbocycles. The normalized spacial score (nSPS) is 12.6. The van der Waals surface area contributed by atoms with Crippen LogP contribution in [-0.2, 0) is 6.18 Å². The molecule has 90 valence electrons. The summed E-state index contributed by atoms with van der Waals surface area (Å²) in [5.74, 6) is 0.378. The van der Waals surface area contributed by atoms with Gasteiger partial charge in [0.15, 0.2) is 0 Å². The van der Waals surface area contributed by atoms with E-state index in [4.69, 9.17) is 5.73 Å². The summed E-state index contributed by atoms with van der Waals surface area (Å²) in [6.07, 6.45) is -3.55. The van der Waals surface area contributed by atoms with Crippen molar-refractivity contribution in [2.45, 2.75) is 25.6 Å². The average Bonchev–Trinajstić information content (AvgIpc) is 2.16. The van der Waals surface area contributed by atoms with Gasteiger partial charge in [-0.05, 0) is 26.0 Å². The maximum Gasteiger partial charge on any atom is 0.417 e. The molecule has 0 radical (unpaired) electrons. The van der Waals surface area contributed by atoms with Crippen LogP contribution in [0.1, 0.15) is 19.4 Å². The third kappa shape index (κ3) is 3.37. The molecule has 0 unspecified atom stereocenters. The van der Waals surface area contributed by atoms with E-state index in [0.29, 0.717) is 12.4 Å². The number of hydrogen-bond donors (Lipinski definition) is 2. The minimum Gasteiger partial charge on any atom is -0.364 e. The zero-order valence-corrected chi connectivity index (χ0v) is 9.10. The van der Waals surface area contributed by atoms with Crippen molar-refractivity contribution in [3.05, 3.63) is 23.9 Å². The summed E-state index contributed by atoms with van der Waals surface area (Å²) in [7, 11) is 0.